The van der Waals surface area contributed by atoms with Crippen LogP contribution in [0.3, 0.4) is 0 Å². The van der Waals surface area contributed by atoms with Crippen LogP contribution in [0.4, 0.5) is 0 Å². The molecule has 0 aromatic heterocycles. The summed E-state index contributed by atoms with van der Waals surface area (Å²) in [5.74, 6) is -0.0194. The number of thiocarbonyl (C=S) groups is 1. The first-order valence-electron chi connectivity index (χ1n) is 10.7. The second-order valence-electron chi connectivity index (χ2n) is 7.91. The Morgan fingerprint density at radius 3 is 2.03 bits per heavy atom. The first-order valence-corrected chi connectivity index (χ1v) is 11.5. The van der Waals surface area contributed by atoms with Gasteiger partial charge in [-0.2, -0.15) is 0 Å². The minimum Gasteiger partial charge on any atom is -0.329 e. The molecule has 3 aromatic carbocycles. The molecule has 160 valence electrons. The summed E-state index contributed by atoms with van der Waals surface area (Å²) in [6, 6.07) is 27.9. The number of carbonyl (C=O) groups excluding carboxylic acids is 1. The molecule has 4 heteroatoms. The molecular formula is C27H29NOS2. The molecule has 2 atom stereocenters. The average molecular weight is 448 g/mol. The van der Waals surface area contributed by atoms with Gasteiger partial charge in [-0.25, -0.2) is 0 Å². The molecule has 0 heterocycles. The van der Waals surface area contributed by atoms with Crippen LogP contribution >= 0.6 is 24.8 Å². The Kier molecular flexibility index (Phi) is 8.44. The van der Waals surface area contributed by atoms with Gasteiger partial charge in [0.1, 0.15) is 0 Å². The van der Waals surface area contributed by atoms with Crippen molar-refractivity contribution in [3.05, 3.63) is 102 Å². The van der Waals surface area contributed by atoms with Crippen molar-refractivity contribution < 1.29 is 4.79 Å². The van der Waals surface area contributed by atoms with Gasteiger partial charge >= 0.3 is 0 Å². The van der Waals surface area contributed by atoms with Gasteiger partial charge < -0.3 is 4.90 Å². The van der Waals surface area contributed by atoms with E-state index in [1.807, 2.05) is 60.4 Å². The van der Waals surface area contributed by atoms with E-state index < -0.39 is 0 Å². The van der Waals surface area contributed by atoms with Gasteiger partial charge in [0.25, 0.3) is 5.91 Å². The van der Waals surface area contributed by atoms with E-state index >= 15 is 0 Å². The predicted molar refractivity (Wildman–Crippen MR) is 136 cm³/mol. The number of hydrogen-bond acceptors (Lipinski definition) is 3. The lowest BCUT2D eigenvalue weighted by Crippen LogP contribution is -2.48. The first-order chi connectivity index (χ1) is 15.0. The van der Waals surface area contributed by atoms with Crippen LogP contribution in [-0.4, -0.2) is 27.8 Å². The maximum atomic E-state index is 13.6. The Balaban J connectivity index is 1.82. The van der Waals surface area contributed by atoms with Gasteiger partial charge in [-0.1, -0.05) is 85.0 Å². The molecule has 0 saturated carbocycles. The van der Waals surface area contributed by atoms with E-state index in [1.54, 1.807) is 0 Å². The summed E-state index contributed by atoms with van der Waals surface area (Å²) in [4.78, 5) is 17.1. The van der Waals surface area contributed by atoms with Crippen molar-refractivity contribution in [2.24, 2.45) is 0 Å². The topological polar surface area (TPSA) is 20.3 Å². The monoisotopic (exact) mass is 447 g/mol. The molecule has 0 saturated heterocycles. The Labute approximate surface area is 196 Å². The third-order valence-electron chi connectivity index (χ3n) is 5.64. The van der Waals surface area contributed by atoms with Crippen LogP contribution in [0, 0.1) is 0 Å². The van der Waals surface area contributed by atoms with E-state index in [2.05, 4.69) is 56.0 Å². The van der Waals surface area contributed by atoms with E-state index in [0.717, 1.165) is 17.7 Å². The van der Waals surface area contributed by atoms with E-state index in [1.165, 1.54) is 11.1 Å². The number of benzene rings is 3. The second-order valence-corrected chi connectivity index (χ2v) is 8.91. The fraction of sp³-hybridized carbons (Fsp3) is 0.259. The zero-order chi connectivity index (χ0) is 22.2. The van der Waals surface area contributed by atoms with Crippen LogP contribution < -0.4 is 0 Å². The van der Waals surface area contributed by atoms with Crippen molar-refractivity contribution in [2.75, 3.05) is 0 Å². The number of amides is 1. The highest BCUT2D eigenvalue weighted by atomic mass is 32.1. The molecule has 0 spiro atoms. The van der Waals surface area contributed by atoms with Crippen LogP contribution in [0.5, 0.6) is 0 Å². The van der Waals surface area contributed by atoms with Gasteiger partial charge in [-0.15, -0.1) is 12.6 Å². The van der Waals surface area contributed by atoms with Crippen molar-refractivity contribution in [1.82, 2.24) is 4.90 Å². The number of nitrogens with zero attached hydrogens (tertiary/aromatic N) is 1. The van der Waals surface area contributed by atoms with Crippen molar-refractivity contribution in [2.45, 2.75) is 50.1 Å². The zero-order valence-electron chi connectivity index (χ0n) is 18.1. The maximum absolute atomic E-state index is 13.6. The van der Waals surface area contributed by atoms with Gasteiger partial charge in [0.05, 0.1) is 11.6 Å². The number of aryl methyl sites for hydroxylation is 1. The molecule has 0 aliphatic heterocycles. The molecule has 0 aliphatic rings. The molecule has 0 radical (unpaired) electrons. The average Bonchev–Trinajstić information content (AvgIpc) is 2.79. The van der Waals surface area contributed by atoms with Gasteiger partial charge in [0.2, 0.25) is 0 Å². The van der Waals surface area contributed by atoms with Crippen molar-refractivity contribution >= 4 is 35.6 Å². The first kappa shape index (κ1) is 23.2. The summed E-state index contributed by atoms with van der Waals surface area (Å²) in [6.07, 6.45) is 2.45. The summed E-state index contributed by atoms with van der Waals surface area (Å²) in [7, 11) is 0. The minimum absolute atomic E-state index is 0.0194. The highest BCUT2D eigenvalue weighted by Gasteiger charge is 2.29. The number of hydrogen-bond donors (Lipinski definition) is 1. The maximum Gasteiger partial charge on any atom is 0.255 e. The largest absolute Gasteiger partial charge is 0.329 e. The standard InChI is InChI=1S/C27H29NOS2/c1-20(17-18-22-11-5-3-6-12-22)28(27(29)24-15-9-10-16-25(24)30)21(2)26(31)19-23-13-7-4-8-14-23/h3-16,20-21,30H,17-19H2,1-2H3. The molecule has 0 N–H and O–H groups in total. The lowest BCUT2D eigenvalue weighted by molar-refractivity contribution is 0.0653. The highest BCUT2D eigenvalue weighted by Crippen LogP contribution is 2.22. The third kappa shape index (κ3) is 6.28. The molecule has 31 heavy (non-hydrogen) atoms. The van der Waals surface area contributed by atoms with Crippen LogP contribution in [0.15, 0.2) is 89.8 Å². The van der Waals surface area contributed by atoms with Crippen molar-refractivity contribution in [3.8, 4) is 0 Å². The van der Waals surface area contributed by atoms with Gasteiger partial charge in [0, 0.05) is 22.2 Å². The molecule has 0 bridgehead atoms. The lowest BCUT2D eigenvalue weighted by Gasteiger charge is -2.36. The summed E-state index contributed by atoms with van der Waals surface area (Å²) in [6.45, 7) is 4.16. The predicted octanol–water partition coefficient (Wildman–Crippen LogP) is 6.44. The van der Waals surface area contributed by atoms with Crippen LogP contribution in [0.1, 0.15) is 41.8 Å². The highest BCUT2D eigenvalue weighted by molar-refractivity contribution is 7.80. The summed E-state index contributed by atoms with van der Waals surface area (Å²) >= 11 is 10.4. The van der Waals surface area contributed by atoms with E-state index in [0.29, 0.717) is 16.9 Å². The van der Waals surface area contributed by atoms with E-state index in [-0.39, 0.29) is 18.0 Å². The Morgan fingerprint density at radius 2 is 1.42 bits per heavy atom. The van der Waals surface area contributed by atoms with Gasteiger partial charge in [-0.3, -0.25) is 4.79 Å². The lowest BCUT2D eigenvalue weighted by atomic mass is 9.99. The molecule has 2 unspecified atom stereocenters. The number of rotatable bonds is 9. The number of carbonyl (C=O) groups is 1. The zero-order valence-corrected chi connectivity index (χ0v) is 19.8. The molecule has 3 rings (SSSR count). The Hall–Kier alpha value is -2.43. The fourth-order valence-corrected chi connectivity index (χ4v) is 4.35. The molecular weight excluding hydrogens is 418 g/mol. The molecule has 2 nitrogen and oxygen atoms in total. The minimum atomic E-state index is -0.165. The SMILES string of the molecule is CC(CCc1ccccc1)N(C(=O)c1ccccc1S)C(C)C(=S)Cc1ccccc1. The molecule has 0 aliphatic carbocycles. The van der Waals surface area contributed by atoms with Crippen LogP contribution in [0.2, 0.25) is 0 Å². The quantitative estimate of drug-likeness (QED) is 0.301. The van der Waals surface area contributed by atoms with Crippen LogP contribution in [0.25, 0.3) is 0 Å². The molecule has 1 amide bonds. The van der Waals surface area contributed by atoms with Gasteiger partial charge in [-0.05, 0) is 49.9 Å². The summed E-state index contributed by atoms with van der Waals surface area (Å²) in [5, 5.41) is 0. The fourth-order valence-electron chi connectivity index (χ4n) is 3.81. The molecule has 0 fully saturated rings. The summed E-state index contributed by atoms with van der Waals surface area (Å²) in [5.41, 5.74) is 3.06. The van der Waals surface area contributed by atoms with Crippen molar-refractivity contribution in [1.29, 1.82) is 0 Å². The van der Waals surface area contributed by atoms with E-state index in [4.69, 9.17) is 12.2 Å². The Morgan fingerprint density at radius 1 is 0.871 bits per heavy atom. The Bertz CT molecular complexity index is 1000. The number of thiol groups is 1. The molecule has 3 aromatic rings. The van der Waals surface area contributed by atoms with Crippen molar-refractivity contribution in [3.63, 3.8) is 0 Å². The second kappa shape index (κ2) is 11.3. The van der Waals surface area contributed by atoms with E-state index in [9.17, 15) is 4.79 Å². The van der Waals surface area contributed by atoms with Gasteiger partial charge in [0.15, 0.2) is 0 Å². The summed E-state index contributed by atoms with van der Waals surface area (Å²) < 4.78 is 0. The third-order valence-corrected chi connectivity index (χ3v) is 6.52. The normalized spacial score (nSPS) is 12.7. The smallest absolute Gasteiger partial charge is 0.255 e. The van der Waals surface area contributed by atoms with Crippen LogP contribution in [-0.2, 0) is 12.8 Å².